The summed E-state index contributed by atoms with van der Waals surface area (Å²) in [6.07, 6.45) is 6.40. The quantitative estimate of drug-likeness (QED) is 0.428. The Morgan fingerprint density at radius 1 is 1.71 bits per heavy atom. The van der Waals surface area contributed by atoms with Gasteiger partial charge in [-0.05, 0) is 6.92 Å². The highest BCUT2D eigenvalue weighted by Crippen LogP contribution is 2.09. The SMILES string of the molecule is C#CCONc1nc(C)ncc1C#N. The van der Waals surface area contributed by atoms with Crippen LogP contribution < -0.4 is 5.48 Å². The summed E-state index contributed by atoms with van der Waals surface area (Å²) in [4.78, 5) is 12.7. The van der Waals surface area contributed by atoms with Crippen molar-refractivity contribution in [3.8, 4) is 18.4 Å². The summed E-state index contributed by atoms with van der Waals surface area (Å²) in [5, 5.41) is 8.70. The maximum absolute atomic E-state index is 8.70. The van der Waals surface area contributed by atoms with E-state index in [1.54, 1.807) is 6.92 Å². The van der Waals surface area contributed by atoms with Crippen molar-refractivity contribution < 1.29 is 4.84 Å². The van der Waals surface area contributed by atoms with Crippen molar-refractivity contribution in [1.29, 1.82) is 5.26 Å². The van der Waals surface area contributed by atoms with Gasteiger partial charge in [-0.25, -0.2) is 15.4 Å². The minimum absolute atomic E-state index is 0.105. The predicted octanol–water partition coefficient (Wildman–Crippen LogP) is 0.633. The molecule has 1 N–H and O–H groups in total. The number of aryl methyl sites for hydroxylation is 1. The minimum atomic E-state index is 0.105. The molecule has 0 spiro atoms. The molecule has 14 heavy (non-hydrogen) atoms. The summed E-state index contributed by atoms with van der Waals surface area (Å²) in [6.45, 7) is 1.82. The maximum Gasteiger partial charge on any atom is 0.171 e. The van der Waals surface area contributed by atoms with Gasteiger partial charge in [-0.15, -0.1) is 6.42 Å². The van der Waals surface area contributed by atoms with Crippen LogP contribution >= 0.6 is 0 Å². The van der Waals surface area contributed by atoms with Gasteiger partial charge >= 0.3 is 0 Å². The molecular formula is C9H8N4O. The number of nitrogens with one attached hydrogen (secondary N) is 1. The van der Waals surface area contributed by atoms with E-state index in [2.05, 4.69) is 21.4 Å². The average Bonchev–Trinajstić information content (AvgIpc) is 2.19. The molecule has 0 amide bonds. The van der Waals surface area contributed by atoms with Crippen molar-refractivity contribution in [3.63, 3.8) is 0 Å². The van der Waals surface area contributed by atoms with Crippen molar-refractivity contribution >= 4 is 5.82 Å². The third kappa shape index (κ3) is 2.44. The Hall–Kier alpha value is -2.11. The molecule has 0 bridgehead atoms. The van der Waals surface area contributed by atoms with Crippen LogP contribution in [0, 0.1) is 30.6 Å². The molecule has 0 aliphatic heterocycles. The number of rotatable bonds is 3. The largest absolute Gasteiger partial charge is 0.262 e. The van der Waals surface area contributed by atoms with E-state index < -0.39 is 0 Å². The van der Waals surface area contributed by atoms with E-state index in [1.165, 1.54) is 6.20 Å². The highest BCUT2D eigenvalue weighted by Gasteiger charge is 2.03. The van der Waals surface area contributed by atoms with Gasteiger partial charge < -0.3 is 0 Å². The molecule has 0 saturated carbocycles. The Morgan fingerprint density at radius 2 is 2.50 bits per heavy atom. The molecule has 5 nitrogen and oxygen atoms in total. The van der Waals surface area contributed by atoms with Crippen LogP contribution in [0.15, 0.2) is 6.20 Å². The summed E-state index contributed by atoms with van der Waals surface area (Å²) in [5.41, 5.74) is 2.80. The van der Waals surface area contributed by atoms with E-state index in [-0.39, 0.29) is 6.61 Å². The van der Waals surface area contributed by atoms with E-state index >= 15 is 0 Å². The fraction of sp³-hybridized carbons (Fsp3) is 0.222. The number of nitrogens with zero attached hydrogens (tertiary/aromatic N) is 3. The van der Waals surface area contributed by atoms with Crippen LogP contribution in [0.4, 0.5) is 5.82 Å². The van der Waals surface area contributed by atoms with Crippen molar-refractivity contribution in [3.05, 3.63) is 17.6 Å². The molecule has 1 heterocycles. The first-order valence-electron chi connectivity index (χ1n) is 3.83. The second-order valence-electron chi connectivity index (χ2n) is 2.39. The van der Waals surface area contributed by atoms with Gasteiger partial charge in [0.05, 0.1) is 6.20 Å². The molecule has 0 saturated heterocycles. The molecule has 1 aromatic rings. The predicted molar refractivity (Wildman–Crippen MR) is 49.9 cm³/mol. The molecule has 0 unspecified atom stereocenters. The van der Waals surface area contributed by atoms with Gasteiger partial charge in [0.15, 0.2) is 5.82 Å². The zero-order valence-corrected chi connectivity index (χ0v) is 7.61. The van der Waals surface area contributed by atoms with Crippen LogP contribution in [0.3, 0.4) is 0 Å². The lowest BCUT2D eigenvalue weighted by atomic mass is 10.3. The normalized spacial score (nSPS) is 8.79. The number of hydrogen-bond acceptors (Lipinski definition) is 5. The molecule has 1 aromatic heterocycles. The van der Waals surface area contributed by atoms with Gasteiger partial charge in [-0.3, -0.25) is 4.84 Å². The van der Waals surface area contributed by atoms with Crippen molar-refractivity contribution in [2.24, 2.45) is 0 Å². The molecule has 5 heteroatoms. The van der Waals surface area contributed by atoms with Crippen molar-refractivity contribution in [2.45, 2.75) is 6.92 Å². The number of nitriles is 1. The Bertz CT molecular complexity index is 402. The molecule has 0 aliphatic rings. The summed E-state index contributed by atoms with van der Waals surface area (Å²) in [6, 6.07) is 1.93. The first-order valence-corrected chi connectivity index (χ1v) is 3.83. The fourth-order valence-electron chi connectivity index (χ4n) is 0.776. The van der Waals surface area contributed by atoms with Gasteiger partial charge in [0.25, 0.3) is 0 Å². The van der Waals surface area contributed by atoms with Crippen LogP contribution in [0.5, 0.6) is 0 Å². The van der Waals surface area contributed by atoms with Gasteiger partial charge in [0.1, 0.15) is 24.1 Å². The Morgan fingerprint density at radius 3 is 3.14 bits per heavy atom. The van der Waals surface area contributed by atoms with Gasteiger partial charge in [-0.2, -0.15) is 5.26 Å². The van der Waals surface area contributed by atoms with Crippen LogP contribution in [-0.4, -0.2) is 16.6 Å². The van der Waals surface area contributed by atoms with Crippen molar-refractivity contribution in [2.75, 3.05) is 12.1 Å². The van der Waals surface area contributed by atoms with Crippen molar-refractivity contribution in [1.82, 2.24) is 9.97 Å². The maximum atomic E-state index is 8.70. The number of hydrogen-bond donors (Lipinski definition) is 1. The Balaban J connectivity index is 2.80. The highest BCUT2D eigenvalue weighted by atomic mass is 16.6. The first kappa shape index (κ1) is 9.97. The van der Waals surface area contributed by atoms with Gasteiger partial charge in [0.2, 0.25) is 0 Å². The second kappa shape index (κ2) is 4.80. The average molecular weight is 188 g/mol. The Labute approximate surface area is 81.7 Å². The fourth-order valence-corrected chi connectivity index (χ4v) is 0.776. The van der Waals surface area contributed by atoms with Gasteiger partial charge in [-0.1, -0.05) is 5.92 Å². The molecule has 0 aliphatic carbocycles. The van der Waals surface area contributed by atoms with Crippen LogP contribution in [0.25, 0.3) is 0 Å². The lowest BCUT2D eigenvalue weighted by molar-refractivity contribution is 0.232. The van der Waals surface area contributed by atoms with E-state index in [1.807, 2.05) is 6.07 Å². The van der Waals surface area contributed by atoms with Crippen LogP contribution in [0.2, 0.25) is 0 Å². The summed E-state index contributed by atoms with van der Waals surface area (Å²) >= 11 is 0. The molecule has 1 rings (SSSR count). The highest BCUT2D eigenvalue weighted by molar-refractivity contribution is 5.48. The van der Waals surface area contributed by atoms with E-state index in [4.69, 9.17) is 16.5 Å². The zero-order valence-electron chi connectivity index (χ0n) is 7.61. The molecule has 0 fully saturated rings. The molecule has 0 atom stereocenters. The lowest BCUT2D eigenvalue weighted by Crippen LogP contribution is -2.06. The second-order valence-corrected chi connectivity index (χ2v) is 2.39. The zero-order chi connectivity index (χ0) is 10.4. The summed E-state index contributed by atoms with van der Waals surface area (Å²) in [7, 11) is 0. The minimum Gasteiger partial charge on any atom is -0.262 e. The topological polar surface area (TPSA) is 70.8 Å². The number of terminal acetylenes is 1. The third-order valence-corrected chi connectivity index (χ3v) is 1.35. The van der Waals surface area contributed by atoms with E-state index in [9.17, 15) is 0 Å². The van der Waals surface area contributed by atoms with E-state index in [0.717, 1.165) is 0 Å². The molecule has 0 aromatic carbocycles. The van der Waals surface area contributed by atoms with Crippen LogP contribution in [-0.2, 0) is 4.84 Å². The molecular weight excluding hydrogens is 180 g/mol. The van der Waals surface area contributed by atoms with Crippen LogP contribution in [0.1, 0.15) is 11.4 Å². The standard InChI is InChI=1S/C9H8N4O/c1-3-4-14-13-9-8(5-10)6-11-7(2)12-9/h1,6H,4H2,2H3,(H,11,12,13). The first-order chi connectivity index (χ1) is 6.77. The third-order valence-electron chi connectivity index (χ3n) is 1.35. The van der Waals surface area contributed by atoms with Gasteiger partial charge in [0, 0.05) is 0 Å². The lowest BCUT2D eigenvalue weighted by Gasteiger charge is -2.04. The smallest absolute Gasteiger partial charge is 0.171 e. The molecule has 70 valence electrons. The molecule has 0 radical (unpaired) electrons. The number of aromatic nitrogens is 2. The number of anilines is 1. The van der Waals surface area contributed by atoms with E-state index in [0.29, 0.717) is 17.2 Å². The summed E-state index contributed by atoms with van der Waals surface area (Å²) in [5.74, 6) is 3.16. The monoisotopic (exact) mass is 188 g/mol. The Kier molecular flexibility index (Phi) is 3.42. The summed E-state index contributed by atoms with van der Waals surface area (Å²) < 4.78 is 0.